The van der Waals surface area contributed by atoms with Crippen LogP contribution in [0.4, 0.5) is 0 Å². The molecule has 0 amide bonds. The molecule has 1 aromatic heterocycles. The zero-order valence-electron chi connectivity index (χ0n) is 16.8. The van der Waals surface area contributed by atoms with Gasteiger partial charge in [0.15, 0.2) is 11.8 Å². The summed E-state index contributed by atoms with van der Waals surface area (Å²) in [6, 6.07) is 12.0. The molecule has 0 bridgehead atoms. The van der Waals surface area contributed by atoms with Crippen molar-refractivity contribution in [2.75, 3.05) is 0 Å². The fourth-order valence-electron chi connectivity index (χ4n) is 3.78. The Balaban J connectivity index is 0.00000225. The van der Waals surface area contributed by atoms with Crippen molar-refractivity contribution in [3.63, 3.8) is 0 Å². The SMILES string of the molecule is Cc1nnc(CN=C(NC2CC2)NC2CCC(c3ccccc3)CC2)n1C.I. The molecule has 6 nitrogen and oxygen atoms in total. The van der Waals surface area contributed by atoms with Crippen LogP contribution in [0.25, 0.3) is 0 Å². The standard InChI is InChI=1S/C21H30N6.HI/c1-15-25-26-20(27(15)2)14-22-21(24-19-12-13-19)23-18-10-8-17(9-11-18)16-6-4-3-5-7-16;/h3-7,17-19H,8-14H2,1-2H3,(H2,22,23,24);1H. The van der Waals surface area contributed by atoms with Gasteiger partial charge in [-0.1, -0.05) is 30.3 Å². The summed E-state index contributed by atoms with van der Waals surface area (Å²) >= 11 is 0. The van der Waals surface area contributed by atoms with Crippen LogP contribution < -0.4 is 10.6 Å². The quantitative estimate of drug-likeness (QED) is 0.378. The molecule has 1 aromatic carbocycles. The first-order chi connectivity index (χ1) is 13.2. The largest absolute Gasteiger partial charge is 0.354 e. The topological polar surface area (TPSA) is 67.1 Å². The second-order valence-corrected chi connectivity index (χ2v) is 7.91. The van der Waals surface area contributed by atoms with Crippen LogP contribution in [0.15, 0.2) is 35.3 Å². The highest BCUT2D eigenvalue weighted by molar-refractivity contribution is 14.0. The number of halogens is 1. The lowest BCUT2D eigenvalue weighted by Gasteiger charge is -2.30. The summed E-state index contributed by atoms with van der Waals surface area (Å²) in [5, 5.41) is 15.6. The van der Waals surface area contributed by atoms with Crippen LogP contribution in [-0.4, -0.2) is 32.8 Å². The minimum absolute atomic E-state index is 0. The smallest absolute Gasteiger partial charge is 0.192 e. The molecule has 28 heavy (non-hydrogen) atoms. The van der Waals surface area contributed by atoms with E-state index in [2.05, 4.69) is 51.2 Å². The fraction of sp³-hybridized carbons (Fsp3) is 0.571. The van der Waals surface area contributed by atoms with E-state index in [4.69, 9.17) is 4.99 Å². The first-order valence-corrected chi connectivity index (χ1v) is 10.2. The third-order valence-electron chi connectivity index (χ3n) is 5.82. The lowest BCUT2D eigenvalue weighted by Crippen LogP contribution is -2.45. The Kier molecular flexibility index (Phi) is 7.31. The first-order valence-electron chi connectivity index (χ1n) is 10.2. The maximum absolute atomic E-state index is 4.79. The van der Waals surface area contributed by atoms with Crippen LogP contribution >= 0.6 is 24.0 Å². The molecule has 1 heterocycles. The molecule has 2 aromatic rings. The van der Waals surface area contributed by atoms with E-state index in [9.17, 15) is 0 Å². The average Bonchev–Trinajstić information content (AvgIpc) is 3.46. The molecule has 4 rings (SSSR count). The van der Waals surface area contributed by atoms with E-state index in [1.54, 1.807) is 0 Å². The second-order valence-electron chi connectivity index (χ2n) is 7.91. The van der Waals surface area contributed by atoms with Gasteiger partial charge in [0.2, 0.25) is 0 Å². The van der Waals surface area contributed by atoms with E-state index in [0.29, 0.717) is 24.5 Å². The molecular weight excluding hydrogens is 463 g/mol. The summed E-state index contributed by atoms with van der Waals surface area (Å²) in [4.78, 5) is 4.79. The molecule has 2 fully saturated rings. The highest BCUT2D eigenvalue weighted by Gasteiger charge is 2.26. The maximum atomic E-state index is 4.79. The second kappa shape index (κ2) is 9.71. The van der Waals surface area contributed by atoms with Crippen molar-refractivity contribution in [3.8, 4) is 0 Å². The number of aryl methyl sites for hydroxylation is 1. The van der Waals surface area contributed by atoms with Crippen LogP contribution in [0.5, 0.6) is 0 Å². The summed E-state index contributed by atoms with van der Waals surface area (Å²) in [6.45, 7) is 2.52. The summed E-state index contributed by atoms with van der Waals surface area (Å²) < 4.78 is 2.00. The van der Waals surface area contributed by atoms with Gasteiger partial charge in [0.25, 0.3) is 0 Å². The van der Waals surface area contributed by atoms with Gasteiger partial charge in [-0.15, -0.1) is 34.2 Å². The third-order valence-corrected chi connectivity index (χ3v) is 5.82. The monoisotopic (exact) mass is 494 g/mol. The molecule has 2 N–H and O–H groups in total. The van der Waals surface area contributed by atoms with E-state index in [-0.39, 0.29) is 24.0 Å². The number of hydrogen-bond donors (Lipinski definition) is 2. The van der Waals surface area contributed by atoms with Crippen molar-refractivity contribution in [3.05, 3.63) is 47.5 Å². The van der Waals surface area contributed by atoms with Gasteiger partial charge in [-0.2, -0.15) is 0 Å². The number of benzene rings is 1. The molecule has 7 heteroatoms. The van der Waals surface area contributed by atoms with Crippen molar-refractivity contribution in [1.82, 2.24) is 25.4 Å². The van der Waals surface area contributed by atoms with Gasteiger partial charge >= 0.3 is 0 Å². The van der Waals surface area contributed by atoms with E-state index in [1.807, 2.05) is 18.5 Å². The maximum Gasteiger partial charge on any atom is 0.192 e. The molecule has 0 radical (unpaired) electrons. The number of nitrogens with one attached hydrogen (secondary N) is 2. The van der Waals surface area contributed by atoms with Crippen molar-refractivity contribution in [1.29, 1.82) is 0 Å². The van der Waals surface area contributed by atoms with Crippen LogP contribution in [0, 0.1) is 6.92 Å². The van der Waals surface area contributed by atoms with Crippen LogP contribution in [0.1, 0.15) is 61.7 Å². The van der Waals surface area contributed by atoms with Gasteiger partial charge in [0, 0.05) is 19.1 Å². The van der Waals surface area contributed by atoms with Gasteiger partial charge in [-0.25, -0.2) is 4.99 Å². The molecule has 0 unspecified atom stereocenters. The number of nitrogens with zero attached hydrogens (tertiary/aromatic N) is 4. The summed E-state index contributed by atoms with van der Waals surface area (Å²) in [7, 11) is 1.99. The highest BCUT2D eigenvalue weighted by atomic mass is 127. The summed E-state index contributed by atoms with van der Waals surface area (Å²) in [5.74, 6) is 3.45. The molecule has 0 saturated heterocycles. The number of aromatic nitrogens is 3. The van der Waals surface area contributed by atoms with Crippen molar-refractivity contribution in [2.24, 2.45) is 12.0 Å². The molecule has 0 atom stereocenters. The fourth-order valence-corrected chi connectivity index (χ4v) is 3.78. The Morgan fingerprint density at radius 3 is 2.14 bits per heavy atom. The minimum atomic E-state index is 0. The Morgan fingerprint density at radius 1 is 1.00 bits per heavy atom. The Morgan fingerprint density at radius 2 is 1.61 bits per heavy atom. The number of rotatable bonds is 5. The van der Waals surface area contributed by atoms with Crippen molar-refractivity contribution >= 4 is 29.9 Å². The van der Waals surface area contributed by atoms with Gasteiger partial charge < -0.3 is 15.2 Å². The minimum Gasteiger partial charge on any atom is -0.354 e. The average molecular weight is 494 g/mol. The lowest BCUT2D eigenvalue weighted by atomic mass is 9.82. The number of guanidine groups is 1. The molecule has 2 aliphatic rings. The van der Waals surface area contributed by atoms with E-state index in [1.165, 1.54) is 44.1 Å². The normalized spacial score (nSPS) is 22.4. The van der Waals surface area contributed by atoms with E-state index >= 15 is 0 Å². The van der Waals surface area contributed by atoms with Crippen LogP contribution in [-0.2, 0) is 13.6 Å². The van der Waals surface area contributed by atoms with Crippen LogP contribution in [0.3, 0.4) is 0 Å². The summed E-state index contributed by atoms with van der Waals surface area (Å²) in [5.41, 5.74) is 1.48. The third kappa shape index (κ3) is 5.46. The van der Waals surface area contributed by atoms with Gasteiger partial charge in [0.1, 0.15) is 12.4 Å². The Labute approximate surface area is 184 Å². The molecule has 0 spiro atoms. The molecule has 152 valence electrons. The van der Waals surface area contributed by atoms with E-state index < -0.39 is 0 Å². The van der Waals surface area contributed by atoms with Gasteiger partial charge in [0.05, 0.1) is 0 Å². The predicted molar refractivity (Wildman–Crippen MR) is 123 cm³/mol. The highest BCUT2D eigenvalue weighted by Crippen LogP contribution is 2.32. The Bertz CT molecular complexity index is 775. The van der Waals surface area contributed by atoms with E-state index in [0.717, 1.165) is 17.6 Å². The van der Waals surface area contributed by atoms with Gasteiger partial charge in [-0.3, -0.25) is 0 Å². The predicted octanol–water partition coefficient (Wildman–Crippen LogP) is 3.67. The lowest BCUT2D eigenvalue weighted by molar-refractivity contribution is 0.371. The Hall–Kier alpha value is -1.64. The molecule has 0 aliphatic heterocycles. The summed E-state index contributed by atoms with van der Waals surface area (Å²) in [6.07, 6.45) is 7.33. The first kappa shape index (κ1) is 21.1. The van der Waals surface area contributed by atoms with Crippen molar-refractivity contribution in [2.45, 2.75) is 70.0 Å². The molecular formula is C21H31IN6. The van der Waals surface area contributed by atoms with Crippen LogP contribution in [0.2, 0.25) is 0 Å². The number of hydrogen-bond acceptors (Lipinski definition) is 3. The molecule has 2 aliphatic carbocycles. The zero-order valence-corrected chi connectivity index (χ0v) is 19.1. The molecule has 2 saturated carbocycles. The number of aliphatic imine (C=N–C) groups is 1. The van der Waals surface area contributed by atoms with Crippen molar-refractivity contribution < 1.29 is 0 Å². The zero-order chi connectivity index (χ0) is 18.6. The van der Waals surface area contributed by atoms with Gasteiger partial charge in [-0.05, 0) is 56.9 Å².